The van der Waals surface area contributed by atoms with Gasteiger partial charge in [0.05, 0.1) is 36.4 Å². The molecule has 12 heteroatoms. The first-order valence-electron chi connectivity index (χ1n) is 9.32. The smallest absolute Gasteiger partial charge is 0.337 e. The minimum atomic E-state index is -4.19. The van der Waals surface area contributed by atoms with Crippen molar-refractivity contribution in [2.45, 2.75) is 11.8 Å². The molecule has 0 unspecified atom stereocenters. The van der Waals surface area contributed by atoms with E-state index in [4.69, 9.17) is 4.52 Å². The molecule has 0 aliphatic rings. The zero-order chi connectivity index (χ0) is 24.2. The molecule has 0 atom stereocenters. The van der Waals surface area contributed by atoms with Gasteiger partial charge in [0.15, 0.2) is 0 Å². The van der Waals surface area contributed by atoms with Crippen LogP contribution in [0.15, 0.2) is 58.1 Å². The van der Waals surface area contributed by atoms with Gasteiger partial charge in [0.2, 0.25) is 0 Å². The van der Waals surface area contributed by atoms with Crippen molar-refractivity contribution in [1.82, 2.24) is 5.16 Å². The monoisotopic (exact) mass is 473 g/mol. The Bertz CT molecular complexity index is 1280. The number of sulfonamides is 1. The molecule has 0 aliphatic heterocycles. The summed E-state index contributed by atoms with van der Waals surface area (Å²) in [6.45, 7) is 1.60. The number of esters is 2. The van der Waals surface area contributed by atoms with E-state index in [1.165, 1.54) is 36.5 Å². The van der Waals surface area contributed by atoms with Crippen molar-refractivity contribution in [1.29, 1.82) is 0 Å². The summed E-state index contributed by atoms with van der Waals surface area (Å²) in [6.07, 6.45) is 1.29. The molecule has 0 aliphatic carbocycles. The number of amides is 1. The van der Waals surface area contributed by atoms with Crippen molar-refractivity contribution < 1.29 is 36.8 Å². The van der Waals surface area contributed by atoms with E-state index in [2.05, 4.69) is 24.7 Å². The van der Waals surface area contributed by atoms with Gasteiger partial charge in [0, 0.05) is 11.4 Å². The van der Waals surface area contributed by atoms with Crippen molar-refractivity contribution in [3.63, 3.8) is 0 Å². The average molecular weight is 473 g/mol. The Balaban J connectivity index is 1.83. The summed E-state index contributed by atoms with van der Waals surface area (Å²) in [6, 6.07) is 9.17. The third-order valence-corrected chi connectivity index (χ3v) is 5.81. The predicted octanol–water partition coefficient (Wildman–Crippen LogP) is 2.61. The van der Waals surface area contributed by atoms with Crippen molar-refractivity contribution in [2.24, 2.45) is 0 Å². The van der Waals surface area contributed by atoms with E-state index in [1.54, 1.807) is 6.92 Å². The number of rotatable bonds is 7. The van der Waals surface area contributed by atoms with Crippen LogP contribution in [0.1, 0.15) is 36.8 Å². The highest BCUT2D eigenvalue weighted by Gasteiger charge is 2.21. The molecule has 172 valence electrons. The Morgan fingerprint density at radius 1 is 0.909 bits per heavy atom. The molecular formula is C21H19N3O8S. The van der Waals surface area contributed by atoms with E-state index in [1.807, 2.05) is 0 Å². The highest BCUT2D eigenvalue weighted by molar-refractivity contribution is 7.92. The number of benzene rings is 2. The summed E-state index contributed by atoms with van der Waals surface area (Å²) in [4.78, 5) is 35.7. The molecule has 0 saturated carbocycles. The van der Waals surface area contributed by atoms with Crippen LogP contribution in [0.5, 0.6) is 0 Å². The van der Waals surface area contributed by atoms with Gasteiger partial charge in [-0.15, -0.1) is 0 Å². The lowest BCUT2D eigenvalue weighted by atomic mass is 10.1. The lowest BCUT2D eigenvalue weighted by Crippen LogP contribution is -2.16. The lowest BCUT2D eigenvalue weighted by molar-refractivity contribution is 0.0598. The fourth-order valence-corrected chi connectivity index (χ4v) is 3.90. The Morgan fingerprint density at radius 2 is 1.45 bits per heavy atom. The van der Waals surface area contributed by atoms with E-state index in [-0.39, 0.29) is 27.3 Å². The number of carbonyl (C=O) groups excluding carboxylic acids is 3. The Hall–Kier alpha value is -4.19. The van der Waals surface area contributed by atoms with E-state index < -0.39 is 27.9 Å². The summed E-state index contributed by atoms with van der Waals surface area (Å²) < 4.78 is 42.2. The van der Waals surface area contributed by atoms with Gasteiger partial charge in [-0.3, -0.25) is 9.52 Å². The molecule has 1 amide bonds. The maximum atomic E-state index is 12.9. The number of nitrogens with one attached hydrogen (secondary N) is 2. The van der Waals surface area contributed by atoms with Crippen molar-refractivity contribution in [3.05, 3.63) is 71.1 Å². The predicted molar refractivity (Wildman–Crippen MR) is 116 cm³/mol. The number of anilines is 2. The van der Waals surface area contributed by atoms with Crippen molar-refractivity contribution in [2.75, 3.05) is 24.3 Å². The SMILES string of the molecule is COC(=O)c1cc(C(=O)OC)cc(S(=O)(=O)Nc2ccc(NC(=O)c3cnoc3C)cc2)c1. The van der Waals surface area contributed by atoms with Gasteiger partial charge in [-0.05, 0) is 49.4 Å². The maximum Gasteiger partial charge on any atom is 0.337 e. The topological polar surface area (TPSA) is 154 Å². The number of aromatic nitrogens is 1. The van der Waals surface area contributed by atoms with Crippen LogP contribution in [0, 0.1) is 6.92 Å². The summed E-state index contributed by atoms with van der Waals surface area (Å²) in [5, 5.41) is 6.18. The molecule has 0 spiro atoms. The molecule has 0 bridgehead atoms. The largest absolute Gasteiger partial charge is 0.465 e. The molecule has 11 nitrogen and oxygen atoms in total. The minimum Gasteiger partial charge on any atom is -0.465 e. The number of methoxy groups -OCH3 is 2. The molecule has 2 aromatic carbocycles. The normalized spacial score (nSPS) is 10.9. The van der Waals surface area contributed by atoms with Gasteiger partial charge in [-0.1, -0.05) is 5.16 Å². The number of nitrogens with zero attached hydrogens (tertiary/aromatic N) is 1. The Kier molecular flexibility index (Phi) is 6.78. The minimum absolute atomic E-state index is 0.136. The van der Waals surface area contributed by atoms with Crippen LogP contribution in [0.25, 0.3) is 0 Å². The lowest BCUT2D eigenvalue weighted by Gasteiger charge is -2.12. The number of ether oxygens (including phenoxy) is 2. The van der Waals surface area contributed by atoms with Gasteiger partial charge in [0.1, 0.15) is 11.3 Å². The zero-order valence-corrected chi connectivity index (χ0v) is 18.6. The van der Waals surface area contributed by atoms with Crippen LogP contribution in [0.2, 0.25) is 0 Å². The number of aryl methyl sites for hydroxylation is 1. The fourth-order valence-electron chi connectivity index (χ4n) is 2.78. The van der Waals surface area contributed by atoms with Crippen LogP contribution >= 0.6 is 0 Å². The van der Waals surface area contributed by atoms with Crippen LogP contribution in [0.4, 0.5) is 11.4 Å². The first-order chi connectivity index (χ1) is 15.6. The van der Waals surface area contributed by atoms with Crippen LogP contribution in [-0.4, -0.2) is 45.6 Å². The number of hydrogen-bond donors (Lipinski definition) is 2. The second-order valence-corrected chi connectivity index (χ2v) is 8.34. The van der Waals surface area contributed by atoms with Gasteiger partial charge < -0.3 is 19.3 Å². The first-order valence-corrected chi connectivity index (χ1v) is 10.8. The van der Waals surface area contributed by atoms with Crippen molar-refractivity contribution >= 4 is 39.2 Å². The second-order valence-electron chi connectivity index (χ2n) is 6.66. The van der Waals surface area contributed by atoms with Crippen LogP contribution < -0.4 is 10.0 Å². The third kappa shape index (κ3) is 5.36. The Morgan fingerprint density at radius 3 is 1.94 bits per heavy atom. The summed E-state index contributed by atoms with van der Waals surface area (Å²) in [5.41, 5.74) is 0.582. The second kappa shape index (κ2) is 9.53. The number of hydrogen-bond acceptors (Lipinski definition) is 9. The fraction of sp³-hybridized carbons (Fsp3) is 0.143. The van der Waals surface area contributed by atoms with E-state index in [9.17, 15) is 22.8 Å². The van der Waals surface area contributed by atoms with E-state index in [0.29, 0.717) is 11.4 Å². The summed E-state index contributed by atoms with van der Waals surface area (Å²) in [7, 11) is -1.93. The maximum absolute atomic E-state index is 12.9. The summed E-state index contributed by atoms with van der Waals surface area (Å²) >= 11 is 0. The molecule has 3 rings (SSSR count). The Labute approximate surface area is 188 Å². The van der Waals surface area contributed by atoms with E-state index >= 15 is 0 Å². The summed E-state index contributed by atoms with van der Waals surface area (Å²) in [5.74, 6) is -1.71. The third-order valence-electron chi connectivity index (χ3n) is 4.45. The molecule has 0 saturated heterocycles. The van der Waals surface area contributed by atoms with Crippen LogP contribution in [-0.2, 0) is 19.5 Å². The first kappa shape index (κ1) is 23.5. The molecule has 0 fully saturated rings. The van der Waals surface area contributed by atoms with Crippen LogP contribution in [0.3, 0.4) is 0 Å². The van der Waals surface area contributed by atoms with Gasteiger partial charge in [-0.25, -0.2) is 18.0 Å². The van der Waals surface area contributed by atoms with Gasteiger partial charge >= 0.3 is 11.9 Å². The number of carbonyl (C=O) groups is 3. The quantitative estimate of drug-likeness (QED) is 0.493. The molecule has 1 aromatic heterocycles. The van der Waals surface area contributed by atoms with Gasteiger partial charge in [0.25, 0.3) is 15.9 Å². The van der Waals surface area contributed by atoms with Gasteiger partial charge in [-0.2, -0.15) is 0 Å². The molecule has 1 heterocycles. The van der Waals surface area contributed by atoms with Crippen molar-refractivity contribution in [3.8, 4) is 0 Å². The molecule has 2 N–H and O–H groups in total. The molecule has 33 heavy (non-hydrogen) atoms. The molecule has 3 aromatic rings. The zero-order valence-electron chi connectivity index (χ0n) is 17.7. The highest BCUT2D eigenvalue weighted by atomic mass is 32.2. The molecule has 0 radical (unpaired) electrons. The molecular weight excluding hydrogens is 454 g/mol. The van der Waals surface area contributed by atoms with E-state index in [0.717, 1.165) is 26.4 Å². The standard InChI is InChI=1S/C21H19N3O8S/c1-12-18(11-22-32-12)19(25)23-15-4-6-16(7-5-15)24-33(28,29)17-9-13(20(26)30-2)8-14(10-17)21(27)31-3/h4-11,24H,1-3H3,(H,23,25). The average Bonchev–Trinajstić information content (AvgIpc) is 3.24. The highest BCUT2D eigenvalue weighted by Crippen LogP contribution is 2.22.